The second kappa shape index (κ2) is 9.09. The predicted octanol–water partition coefficient (Wildman–Crippen LogP) is 6.01. The summed E-state index contributed by atoms with van der Waals surface area (Å²) in [6.45, 7) is 3.44. The highest BCUT2D eigenvalue weighted by Gasteiger charge is 2.43. The van der Waals surface area contributed by atoms with Crippen molar-refractivity contribution in [3.05, 3.63) is 83.4 Å². The maximum Gasteiger partial charge on any atom is 0.408 e. The molecule has 0 spiro atoms. The number of phenols is 1. The number of nitrogens with one attached hydrogen (secondary N) is 1. The minimum absolute atomic E-state index is 0.165. The molecule has 1 unspecified atom stereocenters. The van der Waals surface area contributed by atoms with Gasteiger partial charge in [0, 0.05) is 0 Å². The monoisotopic (exact) mass is 463 g/mol. The standard InChI is InChI=1S/C22H20F3N3O3S/c1-14-12-18(13-15(2)20(14)29)27-26-17-8-10-19(11-9-17)32(30,31)28-21(22(23,24)25)16-6-4-3-5-7-16/h3-13,21,28-29H,1-2H3. The van der Waals surface area contributed by atoms with Crippen molar-refractivity contribution in [1.29, 1.82) is 0 Å². The topological polar surface area (TPSA) is 91.1 Å². The SMILES string of the molecule is Cc1cc(N=Nc2ccc(S(=O)(=O)NC(c3ccccc3)C(F)(F)F)cc2)cc(C)c1O. The van der Waals surface area contributed by atoms with Gasteiger partial charge in [0.2, 0.25) is 10.0 Å². The van der Waals surface area contributed by atoms with E-state index in [-0.39, 0.29) is 16.2 Å². The van der Waals surface area contributed by atoms with Gasteiger partial charge in [0.05, 0.1) is 16.3 Å². The number of aryl methyl sites for hydroxylation is 2. The number of alkyl halides is 3. The Morgan fingerprint density at radius 3 is 1.94 bits per heavy atom. The fourth-order valence-electron chi connectivity index (χ4n) is 2.99. The summed E-state index contributed by atoms with van der Waals surface area (Å²) in [6.07, 6.45) is -4.82. The Labute approximate surface area is 183 Å². The fraction of sp³-hybridized carbons (Fsp3) is 0.182. The molecule has 0 aliphatic carbocycles. The predicted molar refractivity (Wildman–Crippen MR) is 114 cm³/mol. The van der Waals surface area contributed by atoms with Gasteiger partial charge in [-0.1, -0.05) is 30.3 Å². The van der Waals surface area contributed by atoms with Crippen molar-refractivity contribution < 1.29 is 26.7 Å². The zero-order valence-corrected chi connectivity index (χ0v) is 17.9. The summed E-state index contributed by atoms with van der Waals surface area (Å²) in [6, 6.07) is 12.6. The number of halogens is 3. The minimum atomic E-state index is -4.82. The number of phenolic OH excluding ortho intramolecular Hbond substituents is 1. The van der Waals surface area contributed by atoms with E-state index in [2.05, 4.69) is 10.2 Å². The van der Waals surface area contributed by atoms with E-state index in [0.717, 1.165) is 12.1 Å². The van der Waals surface area contributed by atoms with Gasteiger partial charge in [-0.15, -0.1) is 0 Å². The molecule has 0 heterocycles. The van der Waals surface area contributed by atoms with Crippen LogP contribution >= 0.6 is 0 Å². The van der Waals surface area contributed by atoms with Crippen molar-refractivity contribution in [2.75, 3.05) is 0 Å². The molecule has 1 atom stereocenters. The largest absolute Gasteiger partial charge is 0.507 e. The first kappa shape index (κ1) is 23.4. The summed E-state index contributed by atoms with van der Waals surface area (Å²) in [4.78, 5) is -0.335. The van der Waals surface area contributed by atoms with Gasteiger partial charge in [-0.25, -0.2) is 8.42 Å². The molecule has 32 heavy (non-hydrogen) atoms. The van der Waals surface area contributed by atoms with Crippen LogP contribution in [0.2, 0.25) is 0 Å². The number of hydrogen-bond donors (Lipinski definition) is 2. The first-order valence-electron chi connectivity index (χ1n) is 9.43. The van der Waals surface area contributed by atoms with Crippen molar-refractivity contribution in [3.8, 4) is 5.75 Å². The van der Waals surface area contributed by atoms with Crippen molar-refractivity contribution in [2.24, 2.45) is 10.2 Å². The van der Waals surface area contributed by atoms with E-state index in [9.17, 15) is 26.7 Å². The van der Waals surface area contributed by atoms with E-state index in [1.807, 2.05) is 0 Å². The molecule has 168 valence electrons. The van der Waals surface area contributed by atoms with Crippen LogP contribution in [0.5, 0.6) is 5.75 Å². The van der Waals surface area contributed by atoms with Gasteiger partial charge in [-0.2, -0.15) is 28.1 Å². The Hall–Kier alpha value is -3.24. The van der Waals surface area contributed by atoms with Gasteiger partial charge in [0.15, 0.2) is 0 Å². The average molecular weight is 463 g/mol. The van der Waals surface area contributed by atoms with Crippen LogP contribution in [0.4, 0.5) is 24.5 Å². The number of hydrogen-bond acceptors (Lipinski definition) is 5. The summed E-state index contributed by atoms with van der Waals surface area (Å²) in [5.74, 6) is 0.165. The molecule has 2 N–H and O–H groups in total. The second-order valence-corrected chi connectivity index (χ2v) is 8.84. The lowest BCUT2D eigenvalue weighted by molar-refractivity contribution is -0.153. The first-order chi connectivity index (χ1) is 15.0. The lowest BCUT2D eigenvalue weighted by Crippen LogP contribution is -2.38. The summed E-state index contributed by atoms with van der Waals surface area (Å²) < 4.78 is 67.3. The molecule has 3 aromatic carbocycles. The molecule has 0 radical (unpaired) electrons. The highest BCUT2D eigenvalue weighted by atomic mass is 32.2. The normalized spacial score (nSPS) is 13.4. The summed E-state index contributed by atoms with van der Waals surface area (Å²) >= 11 is 0. The molecule has 0 amide bonds. The van der Waals surface area contributed by atoms with Gasteiger partial charge in [-0.05, 0) is 66.9 Å². The van der Waals surface area contributed by atoms with Crippen molar-refractivity contribution in [3.63, 3.8) is 0 Å². The van der Waals surface area contributed by atoms with E-state index in [1.165, 1.54) is 36.4 Å². The maximum absolute atomic E-state index is 13.5. The van der Waals surface area contributed by atoms with Crippen LogP contribution in [0.1, 0.15) is 22.7 Å². The van der Waals surface area contributed by atoms with Crippen LogP contribution < -0.4 is 4.72 Å². The number of sulfonamides is 1. The lowest BCUT2D eigenvalue weighted by Gasteiger charge is -2.22. The molecule has 10 heteroatoms. The van der Waals surface area contributed by atoms with E-state index < -0.39 is 22.2 Å². The summed E-state index contributed by atoms with van der Waals surface area (Å²) in [5.41, 5.74) is 1.84. The van der Waals surface area contributed by atoms with Gasteiger partial charge in [0.1, 0.15) is 11.8 Å². The zero-order chi connectivity index (χ0) is 23.5. The molecule has 3 aromatic rings. The third kappa shape index (κ3) is 5.51. The number of rotatable bonds is 6. The molecule has 0 bridgehead atoms. The molecule has 0 saturated heterocycles. The maximum atomic E-state index is 13.5. The van der Waals surface area contributed by atoms with Crippen LogP contribution in [0, 0.1) is 13.8 Å². The van der Waals surface area contributed by atoms with E-state index in [4.69, 9.17) is 0 Å². The fourth-order valence-corrected chi connectivity index (χ4v) is 4.20. The minimum Gasteiger partial charge on any atom is -0.507 e. The highest BCUT2D eigenvalue weighted by molar-refractivity contribution is 7.89. The molecular formula is C22H20F3N3O3S. The van der Waals surface area contributed by atoms with Gasteiger partial charge >= 0.3 is 6.18 Å². The van der Waals surface area contributed by atoms with Crippen LogP contribution in [0.15, 0.2) is 81.9 Å². The molecule has 0 aliphatic rings. The van der Waals surface area contributed by atoms with Crippen LogP contribution in [0.25, 0.3) is 0 Å². The first-order valence-corrected chi connectivity index (χ1v) is 10.9. The Morgan fingerprint density at radius 1 is 0.875 bits per heavy atom. The van der Waals surface area contributed by atoms with Crippen LogP contribution in [0.3, 0.4) is 0 Å². The van der Waals surface area contributed by atoms with E-state index in [1.54, 1.807) is 36.8 Å². The third-order valence-corrected chi connectivity index (χ3v) is 6.08. The van der Waals surface area contributed by atoms with E-state index >= 15 is 0 Å². The van der Waals surface area contributed by atoms with Gasteiger partial charge < -0.3 is 5.11 Å². The molecular weight excluding hydrogens is 443 g/mol. The lowest BCUT2D eigenvalue weighted by atomic mass is 10.1. The number of aromatic hydroxyl groups is 1. The highest BCUT2D eigenvalue weighted by Crippen LogP contribution is 2.34. The second-order valence-electron chi connectivity index (χ2n) is 7.13. The average Bonchev–Trinajstić information content (AvgIpc) is 2.74. The Balaban J connectivity index is 1.81. The number of nitrogens with zero attached hydrogens (tertiary/aromatic N) is 2. The van der Waals surface area contributed by atoms with Gasteiger partial charge in [-0.3, -0.25) is 0 Å². The molecule has 6 nitrogen and oxygen atoms in total. The van der Waals surface area contributed by atoms with Crippen molar-refractivity contribution >= 4 is 21.4 Å². The molecule has 0 aliphatic heterocycles. The Bertz CT molecular complexity index is 1200. The van der Waals surface area contributed by atoms with Crippen molar-refractivity contribution in [1.82, 2.24) is 4.72 Å². The number of azo groups is 1. The van der Waals surface area contributed by atoms with Crippen molar-refractivity contribution in [2.45, 2.75) is 31.0 Å². The van der Waals surface area contributed by atoms with Gasteiger partial charge in [0.25, 0.3) is 0 Å². The molecule has 3 rings (SSSR count). The van der Waals surface area contributed by atoms with Crippen LogP contribution in [-0.2, 0) is 10.0 Å². The zero-order valence-electron chi connectivity index (χ0n) is 17.1. The Morgan fingerprint density at radius 2 is 1.41 bits per heavy atom. The third-order valence-electron chi connectivity index (χ3n) is 4.64. The molecule has 0 aromatic heterocycles. The molecule has 0 saturated carbocycles. The Kier molecular flexibility index (Phi) is 6.65. The molecule has 0 fully saturated rings. The van der Waals surface area contributed by atoms with E-state index in [0.29, 0.717) is 22.5 Å². The van der Waals surface area contributed by atoms with Crippen LogP contribution in [-0.4, -0.2) is 19.7 Å². The summed E-state index contributed by atoms with van der Waals surface area (Å²) in [7, 11) is -4.46. The smallest absolute Gasteiger partial charge is 0.408 e. The quantitative estimate of drug-likeness (QED) is 0.439. The number of benzene rings is 3. The summed E-state index contributed by atoms with van der Waals surface area (Å²) in [5, 5.41) is 17.9.